The van der Waals surface area contributed by atoms with Crippen molar-refractivity contribution >= 4 is 12.4 Å². The molecule has 1 aliphatic heterocycles. The minimum Gasteiger partial charge on any atom is -0.357 e. The number of hydrogen-bond acceptors (Lipinski definition) is 3. The van der Waals surface area contributed by atoms with Gasteiger partial charge in [0.1, 0.15) is 0 Å². The number of allylic oxidation sites excluding steroid dienone is 1. The second-order valence-corrected chi connectivity index (χ2v) is 2.92. The molecule has 0 bridgehead atoms. The highest BCUT2D eigenvalue weighted by molar-refractivity contribution is 5.61. The first-order valence-corrected chi connectivity index (χ1v) is 4.15. The van der Waals surface area contributed by atoms with Crippen molar-refractivity contribution in [2.75, 3.05) is 5.32 Å². The first kappa shape index (κ1) is 7.86. The van der Waals surface area contributed by atoms with Crippen molar-refractivity contribution in [2.24, 2.45) is 5.10 Å². The third kappa shape index (κ3) is 1.54. The van der Waals surface area contributed by atoms with E-state index in [0.717, 1.165) is 12.1 Å². The van der Waals surface area contributed by atoms with Gasteiger partial charge in [-0.15, -0.1) is 0 Å². The van der Waals surface area contributed by atoms with Gasteiger partial charge < -0.3 is 5.32 Å². The van der Waals surface area contributed by atoms with E-state index in [1.165, 1.54) is 11.3 Å². The van der Waals surface area contributed by atoms with Crippen LogP contribution in [0.2, 0.25) is 0 Å². The molecule has 2 rings (SSSR count). The minimum absolute atomic E-state index is 0.929. The Kier molecular flexibility index (Phi) is 2.00. The molecule has 1 aliphatic rings. The number of fused-ring (bicyclic) bond motifs is 1. The molecule has 13 heavy (non-hydrogen) atoms. The number of hydrazone groups is 1. The number of nitrogens with one attached hydrogen (secondary N) is 2. The van der Waals surface area contributed by atoms with Crippen molar-refractivity contribution in [3.05, 3.63) is 41.7 Å². The van der Waals surface area contributed by atoms with E-state index < -0.39 is 0 Å². The van der Waals surface area contributed by atoms with Crippen molar-refractivity contribution in [3.63, 3.8) is 0 Å². The maximum absolute atomic E-state index is 3.55. The summed E-state index contributed by atoms with van der Waals surface area (Å²) < 4.78 is 0. The lowest BCUT2D eigenvalue weighted by Gasteiger charge is -1.98. The first-order chi connectivity index (χ1) is 6.40. The normalized spacial score (nSPS) is 16.5. The van der Waals surface area contributed by atoms with E-state index in [1.54, 1.807) is 0 Å². The standard InChI is InChI=1S/C10H11N3/c1-11-12-7-9-6-8-4-2-3-5-10(8)13-9/h2-5,7,12-13H,1,6H2. The highest BCUT2D eigenvalue weighted by Crippen LogP contribution is 2.26. The predicted octanol–water partition coefficient (Wildman–Crippen LogP) is 1.70. The summed E-state index contributed by atoms with van der Waals surface area (Å²) in [7, 11) is 0. The molecule has 3 heteroatoms. The van der Waals surface area contributed by atoms with E-state index in [9.17, 15) is 0 Å². The van der Waals surface area contributed by atoms with Gasteiger partial charge in [0.05, 0.1) is 0 Å². The molecule has 0 atom stereocenters. The highest BCUT2D eigenvalue weighted by Gasteiger charge is 2.12. The molecule has 1 aromatic rings. The molecular weight excluding hydrogens is 162 g/mol. The fourth-order valence-electron chi connectivity index (χ4n) is 1.43. The lowest BCUT2D eigenvalue weighted by atomic mass is 10.1. The van der Waals surface area contributed by atoms with E-state index in [4.69, 9.17) is 0 Å². The Morgan fingerprint density at radius 3 is 3.08 bits per heavy atom. The fraction of sp³-hybridized carbons (Fsp3) is 0.100. The van der Waals surface area contributed by atoms with Crippen LogP contribution in [0.3, 0.4) is 0 Å². The zero-order valence-electron chi connectivity index (χ0n) is 7.25. The van der Waals surface area contributed by atoms with E-state index in [0.29, 0.717) is 0 Å². The average molecular weight is 173 g/mol. The minimum atomic E-state index is 0.929. The fourth-order valence-corrected chi connectivity index (χ4v) is 1.43. The van der Waals surface area contributed by atoms with Gasteiger partial charge in [-0.3, -0.25) is 5.43 Å². The number of benzene rings is 1. The molecule has 0 fully saturated rings. The van der Waals surface area contributed by atoms with Gasteiger partial charge in [-0.25, -0.2) is 0 Å². The molecule has 66 valence electrons. The van der Waals surface area contributed by atoms with Gasteiger partial charge in [-0.2, -0.15) is 5.10 Å². The number of para-hydroxylation sites is 1. The molecule has 3 nitrogen and oxygen atoms in total. The van der Waals surface area contributed by atoms with Gasteiger partial charge in [0.15, 0.2) is 0 Å². The molecule has 0 amide bonds. The Hall–Kier alpha value is -1.77. The first-order valence-electron chi connectivity index (χ1n) is 4.15. The maximum atomic E-state index is 3.55. The van der Waals surface area contributed by atoms with Gasteiger partial charge in [-0.1, -0.05) is 18.2 Å². The SMILES string of the molecule is C=NNC=C1Cc2ccccc2N1. The molecular formula is C10H11N3. The molecule has 0 saturated heterocycles. The van der Waals surface area contributed by atoms with Crippen LogP contribution in [-0.4, -0.2) is 6.72 Å². The number of anilines is 1. The summed E-state index contributed by atoms with van der Waals surface area (Å²) in [5, 5.41) is 6.83. The van der Waals surface area contributed by atoms with Crippen LogP contribution >= 0.6 is 0 Å². The van der Waals surface area contributed by atoms with Gasteiger partial charge >= 0.3 is 0 Å². The van der Waals surface area contributed by atoms with Crippen LogP contribution < -0.4 is 10.7 Å². The molecule has 0 saturated carbocycles. The van der Waals surface area contributed by atoms with Crippen molar-refractivity contribution < 1.29 is 0 Å². The molecule has 1 aromatic carbocycles. The largest absolute Gasteiger partial charge is 0.357 e. The summed E-state index contributed by atoms with van der Waals surface area (Å²) in [6.45, 7) is 3.34. The Morgan fingerprint density at radius 1 is 1.46 bits per heavy atom. The molecule has 0 radical (unpaired) electrons. The van der Waals surface area contributed by atoms with Gasteiger partial charge in [0.2, 0.25) is 0 Å². The van der Waals surface area contributed by atoms with Crippen molar-refractivity contribution in [3.8, 4) is 0 Å². The molecule has 1 heterocycles. The monoisotopic (exact) mass is 173 g/mol. The molecule has 0 aliphatic carbocycles. The Bertz CT molecular complexity index is 328. The van der Waals surface area contributed by atoms with Crippen LogP contribution in [-0.2, 0) is 6.42 Å². The topological polar surface area (TPSA) is 36.4 Å². The van der Waals surface area contributed by atoms with Crippen LogP contribution in [0.5, 0.6) is 0 Å². The van der Waals surface area contributed by atoms with Crippen molar-refractivity contribution in [1.29, 1.82) is 0 Å². The smallest absolute Gasteiger partial charge is 0.0418 e. The highest BCUT2D eigenvalue weighted by atomic mass is 15.3. The van der Waals surface area contributed by atoms with Gasteiger partial charge in [0, 0.05) is 30.7 Å². The van der Waals surface area contributed by atoms with Gasteiger partial charge in [-0.05, 0) is 11.6 Å². The van der Waals surface area contributed by atoms with Crippen molar-refractivity contribution in [1.82, 2.24) is 5.43 Å². The van der Waals surface area contributed by atoms with Crippen LogP contribution in [0, 0.1) is 0 Å². The number of hydrogen-bond donors (Lipinski definition) is 2. The van der Waals surface area contributed by atoms with E-state index in [1.807, 2.05) is 18.3 Å². The Labute approximate surface area is 77.2 Å². The van der Waals surface area contributed by atoms with Crippen LogP contribution in [0.15, 0.2) is 41.3 Å². The lowest BCUT2D eigenvalue weighted by Crippen LogP contribution is -1.99. The van der Waals surface area contributed by atoms with E-state index in [2.05, 4.69) is 34.7 Å². The Balaban J connectivity index is 2.18. The van der Waals surface area contributed by atoms with Gasteiger partial charge in [0.25, 0.3) is 0 Å². The summed E-state index contributed by atoms with van der Waals surface area (Å²) >= 11 is 0. The zero-order chi connectivity index (χ0) is 9.10. The maximum Gasteiger partial charge on any atom is 0.0418 e. The lowest BCUT2D eigenvalue weighted by molar-refractivity contribution is 0.958. The zero-order valence-corrected chi connectivity index (χ0v) is 7.25. The summed E-state index contributed by atoms with van der Waals surface area (Å²) in [6, 6.07) is 8.25. The van der Waals surface area contributed by atoms with Crippen molar-refractivity contribution in [2.45, 2.75) is 6.42 Å². The summed E-state index contributed by atoms with van der Waals surface area (Å²) in [5.41, 5.74) is 6.33. The summed E-state index contributed by atoms with van der Waals surface area (Å²) in [6.07, 6.45) is 2.76. The third-order valence-electron chi connectivity index (χ3n) is 2.02. The molecule has 0 spiro atoms. The number of nitrogens with zero attached hydrogens (tertiary/aromatic N) is 1. The second kappa shape index (κ2) is 3.31. The predicted molar refractivity (Wildman–Crippen MR) is 54.5 cm³/mol. The summed E-state index contributed by atoms with van der Waals surface area (Å²) in [4.78, 5) is 0. The second-order valence-electron chi connectivity index (χ2n) is 2.92. The molecule has 0 aromatic heterocycles. The van der Waals surface area contributed by atoms with Crippen LogP contribution in [0.1, 0.15) is 5.56 Å². The van der Waals surface area contributed by atoms with Crippen LogP contribution in [0.4, 0.5) is 5.69 Å². The van der Waals surface area contributed by atoms with E-state index >= 15 is 0 Å². The number of rotatable bonds is 2. The van der Waals surface area contributed by atoms with E-state index in [-0.39, 0.29) is 0 Å². The van der Waals surface area contributed by atoms with Crippen LogP contribution in [0.25, 0.3) is 0 Å². The average Bonchev–Trinajstić information content (AvgIpc) is 2.57. The Morgan fingerprint density at radius 2 is 2.31 bits per heavy atom. The third-order valence-corrected chi connectivity index (χ3v) is 2.02. The molecule has 2 N–H and O–H groups in total. The quantitative estimate of drug-likeness (QED) is 0.527. The molecule has 0 unspecified atom stereocenters. The summed E-state index contributed by atoms with van der Waals surface area (Å²) in [5.74, 6) is 0.